The molecule has 1 aliphatic carbocycles. The molecule has 0 amide bonds. The maximum atomic E-state index is 4.38. The smallest absolute Gasteiger partial charge is 0.133 e. The molecular weight excluding hydrogens is 226 g/mol. The van der Waals surface area contributed by atoms with Gasteiger partial charge < -0.3 is 10.3 Å². The summed E-state index contributed by atoms with van der Waals surface area (Å²) in [4.78, 5) is 16.2. The van der Waals surface area contributed by atoms with Crippen LogP contribution in [0.15, 0.2) is 18.7 Å². The van der Waals surface area contributed by atoms with Gasteiger partial charge in [0, 0.05) is 23.7 Å². The number of anilines is 1. The normalized spacial score (nSPS) is 15.4. The molecule has 0 saturated heterocycles. The topological polar surface area (TPSA) is 66.5 Å². The number of nitrogens with one attached hydrogen (secondary N) is 2. The number of aromatic amines is 1. The molecular formula is C13H17N5. The van der Waals surface area contributed by atoms with Crippen molar-refractivity contribution in [1.29, 1.82) is 0 Å². The van der Waals surface area contributed by atoms with Crippen LogP contribution in [0, 0.1) is 0 Å². The number of fused-ring (bicyclic) bond motifs is 1. The Labute approximate surface area is 106 Å². The van der Waals surface area contributed by atoms with E-state index < -0.39 is 0 Å². The van der Waals surface area contributed by atoms with Crippen LogP contribution in [0.4, 0.5) is 5.82 Å². The van der Waals surface area contributed by atoms with Crippen molar-refractivity contribution in [2.75, 3.05) is 5.32 Å². The molecule has 1 atom stereocenters. The van der Waals surface area contributed by atoms with E-state index in [2.05, 4.69) is 32.2 Å². The van der Waals surface area contributed by atoms with E-state index in [0.29, 0.717) is 0 Å². The van der Waals surface area contributed by atoms with Gasteiger partial charge in [-0.15, -0.1) is 0 Å². The van der Waals surface area contributed by atoms with Crippen molar-refractivity contribution in [3.05, 3.63) is 35.8 Å². The second-order valence-electron chi connectivity index (χ2n) is 4.58. The second-order valence-corrected chi connectivity index (χ2v) is 4.58. The highest BCUT2D eigenvalue weighted by Gasteiger charge is 2.20. The summed E-state index contributed by atoms with van der Waals surface area (Å²) in [5, 5.41) is 3.49. The lowest BCUT2D eigenvalue weighted by Crippen LogP contribution is -2.14. The van der Waals surface area contributed by atoms with Gasteiger partial charge in [-0.1, -0.05) is 6.92 Å². The standard InChI is InChI=1S/C13H17N5/c1-2-10(13-14-6-7-15-13)18-12-9-4-3-5-11(9)16-8-17-12/h6-8,10H,2-5H2,1H3,(H,14,15)(H,16,17,18). The van der Waals surface area contributed by atoms with E-state index in [1.807, 2.05) is 6.20 Å². The first-order valence-electron chi connectivity index (χ1n) is 6.47. The molecule has 0 bridgehead atoms. The van der Waals surface area contributed by atoms with Crippen LogP contribution in [-0.4, -0.2) is 19.9 Å². The maximum absolute atomic E-state index is 4.38. The molecule has 1 aliphatic rings. The lowest BCUT2D eigenvalue weighted by Gasteiger charge is -2.17. The number of imidazole rings is 1. The van der Waals surface area contributed by atoms with Crippen LogP contribution in [0.1, 0.15) is 42.9 Å². The molecule has 2 aromatic heterocycles. The van der Waals surface area contributed by atoms with Crippen LogP contribution in [-0.2, 0) is 12.8 Å². The Hall–Kier alpha value is -1.91. The molecule has 3 rings (SSSR count). The summed E-state index contributed by atoms with van der Waals surface area (Å²) in [6.45, 7) is 2.14. The van der Waals surface area contributed by atoms with Crippen LogP contribution >= 0.6 is 0 Å². The van der Waals surface area contributed by atoms with E-state index in [1.54, 1.807) is 12.5 Å². The Balaban J connectivity index is 1.86. The fraction of sp³-hybridized carbons (Fsp3) is 0.462. The second kappa shape index (κ2) is 4.76. The minimum atomic E-state index is 0.180. The lowest BCUT2D eigenvalue weighted by molar-refractivity contribution is 0.698. The van der Waals surface area contributed by atoms with Gasteiger partial charge in [-0.05, 0) is 25.7 Å². The molecule has 5 heteroatoms. The molecule has 2 N–H and O–H groups in total. The van der Waals surface area contributed by atoms with E-state index in [4.69, 9.17) is 0 Å². The molecule has 0 spiro atoms. The predicted molar refractivity (Wildman–Crippen MR) is 69.3 cm³/mol. The predicted octanol–water partition coefficient (Wildman–Crippen LogP) is 2.25. The van der Waals surface area contributed by atoms with Gasteiger partial charge in [0.1, 0.15) is 18.0 Å². The lowest BCUT2D eigenvalue weighted by atomic mass is 10.2. The van der Waals surface area contributed by atoms with Crippen molar-refractivity contribution in [3.63, 3.8) is 0 Å². The minimum absolute atomic E-state index is 0.180. The number of hydrogen-bond donors (Lipinski definition) is 2. The largest absolute Gasteiger partial charge is 0.360 e. The monoisotopic (exact) mass is 243 g/mol. The quantitative estimate of drug-likeness (QED) is 0.864. The summed E-state index contributed by atoms with van der Waals surface area (Å²) < 4.78 is 0. The van der Waals surface area contributed by atoms with Gasteiger partial charge in [-0.3, -0.25) is 0 Å². The molecule has 0 aliphatic heterocycles. The van der Waals surface area contributed by atoms with Crippen LogP contribution in [0.5, 0.6) is 0 Å². The molecule has 0 aromatic carbocycles. The van der Waals surface area contributed by atoms with Crippen molar-refractivity contribution in [2.24, 2.45) is 0 Å². The van der Waals surface area contributed by atoms with Gasteiger partial charge >= 0.3 is 0 Å². The highest BCUT2D eigenvalue weighted by Crippen LogP contribution is 2.28. The third-order valence-corrected chi connectivity index (χ3v) is 3.44. The van der Waals surface area contributed by atoms with Crippen molar-refractivity contribution in [2.45, 2.75) is 38.6 Å². The fourth-order valence-corrected chi connectivity index (χ4v) is 2.48. The fourth-order valence-electron chi connectivity index (χ4n) is 2.48. The van der Waals surface area contributed by atoms with Gasteiger partial charge in [-0.2, -0.15) is 0 Å². The Bertz CT molecular complexity index is 520. The summed E-state index contributed by atoms with van der Waals surface area (Å²) in [5.41, 5.74) is 2.48. The van der Waals surface area contributed by atoms with E-state index in [1.165, 1.54) is 17.7 Å². The van der Waals surface area contributed by atoms with Gasteiger partial charge in [0.2, 0.25) is 0 Å². The van der Waals surface area contributed by atoms with Crippen molar-refractivity contribution in [1.82, 2.24) is 19.9 Å². The average Bonchev–Trinajstić information content (AvgIpc) is 3.06. The maximum Gasteiger partial charge on any atom is 0.133 e. The third kappa shape index (κ3) is 1.96. The minimum Gasteiger partial charge on any atom is -0.360 e. The highest BCUT2D eigenvalue weighted by molar-refractivity contribution is 5.49. The van der Waals surface area contributed by atoms with Crippen LogP contribution in [0.3, 0.4) is 0 Å². The Morgan fingerprint density at radius 1 is 1.33 bits per heavy atom. The SMILES string of the molecule is CCC(Nc1ncnc2c1CCC2)c1ncc[nH]1. The molecule has 94 valence electrons. The van der Waals surface area contributed by atoms with Gasteiger partial charge in [0.15, 0.2) is 0 Å². The van der Waals surface area contributed by atoms with Gasteiger partial charge in [0.05, 0.1) is 6.04 Å². The molecule has 18 heavy (non-hydrogen) atoms. The number of H-pyrrole nitrogens is 1. The highest BCUT2D eigenvalue weighted by atomic mass is 15.1. The number of aryl methyl sites for hydroxylation is 1. The first-order chi connectivity index (χ1) is 8.88. The number of hydrogen-bond acceptors (Lipinski definition) is 4. The van der Waals surface area contributed by atoms with Gasteiger partial charge in [-0.25, -0.2) is 15.0 Å². The molecule has 0 saturated carbocycles. The van der Waals surface area contributed by atoms with Crippen LogP contribution < -0.4 is 5.32 Å². The third-order valence-electron chi connectivity index (χ3n) is 3.44. The summed E-state index contributed by atoms with van der Waals surface area (Å²) >= 11 is 0. The first-order valence-corrected chi connectivity index (χ1v) is 6.47. The first kappa shape index (κ1) is 11.2. The van der Waals surface area contributed by atoms with E-state index in [9.17, 15) is 0 Å². The summed E-state index contributed by atoms with van der Waals surface area (Å²) in [6, 6.07) is 0.180. The van der Waals surface area contributed by atoms with Crippen molar-refractivity contribution in [3.8, 4) is 0 Å². The van der Waals surface area contributed by atoms with E-state index >= 15 is 0 Å². The van der Waals surface area contributed by atoms with Crippen molar-refractivity contribution < 1.29 is 0 Å². The van der Waals surface area contributed by atoms with Crippen molar-refractivity contribution >= 4 is 5.82 Å². The number of rotatable bonds is 4. The molecule has 0 fully saturated rings. The van der Waals surface area contributed by atoms with Crippen LogP contribution in [0.2, 0.25) is 0 Å². The number of aromatic nitrogens is 4. The summed E-state index contributed by atoms with van der Waals surface area (Å²) in [7, 11) is 0. The zero-order valence-corrected chi connectivity index (χ0v) is 10.5. The number of nitrogens with zero attached hydrogens (tertiary/aromatic N) is 3. The zero-order chi connectivity index (χ0) is 12.4. The zero-order valence-electron chi connectivity index (χ0n) is 10.5. The Morgan fingerprint density at radius 2 is 2.28 bits per heavy atom. The Morgan fingerprint density at radius 3 is 3.06 bits per heavy atom. The van der Waals surface area contributed by atoms with E-state index in [-0.39, 0.29) is 6.04 Å². The molecule has 2 heterocycles. The summed E-state index contributed by atoms with van der Waals surface area (Å²) in [6.07, 6.45) is 9.58. The molecule has 1 unspecified atom stereocenters. The van der Waals surface area contributed by atoms with E-state index in [0.717, 1.165) is 30.9 Å². The van der Waals surface area contributed by atoms with Crippen LogP contribution in [0.25, 0.3) is 0 Å². The molecule has 0 radical (unpaired) electrons. The summed E-state index contributed by atoms with van der Waals surface area (Å²) in [5.74, 6) is 1.93. The Kier molecular flexibility index (Phi) is 2.96. The van der Waals surface area contributed by atoms with Gasteiger partial charge in [0.25, 0.3) is 0 Å². The molecule has 5 nitrogen and oxygen atoms in total. The average molecular weight is 243 g/mol. The molecule has 2 aromatic rings.